The number of rotatable bonds is 4. The van der Waals surface area contributed by atoms with E-state index in [0.717, 1.165) is 5.69 Å². The van der Waals surface area contributed by atoms with Gasteiger partial charge >= 0.3 is 0 Å². The van der Waals surface area contributed by atoms with E-state index in [1.165, 1.54) is 22.9 Å². The summed E-state index contributed by atoms with van der Waals surface area (Å²) in [5.74, 6) is -0.755. The molecule has 4 aromatic rings. The second kappa shape index (κ2) is 6.42. The Balaban J connectivity index is 1.94. The molecule has 138 valence electrons. The SMILES string of the molecule is CCc1nn(Cc2c(F)cccc2F)c2nc(N)nc(-n3ccc(C)n3)c12. The van der Waals surface area contributed by atoms with Crippen LogP contribution >= 0.6 is 0 Å². The summed E-state index contributed by atoms with van der Waals surface area (Å²) in [6.07, 6.45) is 2.35. The number of hydrogen-bond donors (Lipinski definition) is 1. The van der Waals surface area contributed by atoms with Crippen LogP contribution in [0.5, 0.6) is 0 Å². The Labute approximate surface area is 153 Å². The number of benzene rings is 1. The molecule has 1 aromatic carbocycles. The number of nitrogen functional groups attached to an aromatic ring is 1. The normalized spacial score (nSPS) is 11.4. The van der Waals surface area contributed by atoms with Crippen molar-refractivity contribution in [3.63, 3.8) is 0 Å². The quantitative estimate of drug-likeness (QED) is 0.598. The van der Waals surface area contributed by atoms with E-state index in [2.05, 4.69) is 20.2 Å². The van der Waals surface area contributed by atoms with Crippen molar-refractivity contribution in [2.24, 2.45) is 0 Å². The molecule has 3 heterocycles. The molecule has 9 heteroatoms. The minimum atomic E-state index is -0.637. The van der Waals surface area contributed by atoms with Crippen LogP contribution in [0.15, 0.2) is 30.5 Å². The van der Waals surface area contributed by atoms with E-state index < -0.39 is 11.6 Å². The molecule has 0 saturated heterocycles. The van der Waals surface area contributed by atoms with Crippen molar-refractivity contribution in [1.82, 2.24) is 29.5 Å². The fourth-order valence-electron chi connectivity index (χ4n) is 3.03. The molecule has 0 aliphatic rings. The molecule has 0 saturated carbocycles. The van der Waals surface area contributed by atoms with Crippen LogP contribution in [-0.2, 0) is 13.0 Å². The van der Waals surface area contributed by atoms with Gasteiger partial charge in [0.1, 0.15) is 11.6 Å². The number of aromatic nitrogens is 6. The number of nitrogens with zero attached hydrogens (tertiary/aromatic N) is 6. The summed E-state index contributed by atoms with van der Waals surface area (Å²) in [4.78, 5) is 8.59. The Morgan fingerprint density at radius 2 is 1.81 bits per heavy atom. The number of fused-ring (bicyclic) bond motifs is 1. The third kappa shape index (κ3) is 2.90. The smallest absolute Gasteiger partial charge is 0.224 e. The Morgan fingerprint density at radius 3 is 2.44 bits per heavy atom. The van der Waals surface area contributed by atoms with E-state index in [0.29, 0.717) is 29.0 Å². The van der Waals surface area contributed by atoms with Gasteiger partial charge < -0.3 is 5.73 Å². The highest BCUT2D eigenvalue weighted by molar-refractivity contribution is 5.86. The molecule has 0 aliphatic heterocycles. The first-order valence-corrected chi connectivity index (χ1v) is 8.46. The molecule has 27 heavy (non-hydrogen) atoms. The number of hydrogen-bond acceptors (Lipinski definition) is 5. The van der Waals surface area contributed by atoms with Gasteiger partial charge in [0.15, 0.2) is 11.5 Å². The summed E-state index contributed by atoms with van der Waals surface area (Å²) >= 11 is 0. The van der Waals surface area contributed by atoms with Gasteiger partial charge in [0, 0.05) is 11.8 Å². The maximum Gasteiger partial charge on any atom is 0.224 e. The highest BCUT2D eigenvalue weighted by Crippen LogP contribution is 2.26. The summed E-state index contributed by atoms with van der Waals surface area (Å²) in [7, 11) is 0. The minimum Gasteiger partial charge on any atom is -0.368 e. The summed E-state index contributed by atoms with van der Waals surface area (Å²) in [6.45, 7) is 3.69. The largest absolute Gasteiger partial charge is 0.368 e. The molecule has 0 bridgehead atoms. The van der Waals surface area contributed by atoms with Crippen molar-refractivity contribution in [3.05, 3.63) is 59.0 Å². The molecule has 2 N–H and O–H groups in total. The molecule has 0 aliphatic carbocycles. The molecule has 3 aromatic heterocycles. The molecule has 0 unspecified atom stereocenters. The number of anilines is 1. The van der Waals surface area contributed by atoms with Crippen molar-refractivity contribution in [3.8, 4) is 5.82 Å². The standard InChI is InChI=1S/C18H17F2N7/c1-3-14-15-16(26-8-7-10(2)24-26)22-18(21)23-17(15)27(25-14)9-11-12(19)5-4-6-13(11)20/h4-8H,3,9H2,1-2H3,(H2,21,22,23). The van der Waals surface area contributed by atoms with Crippen molar-refractivity contribution in [2.45, 2.75) is 26.8 Å². The van der Waals surface area contributed by atoms with Crippen LogP contribution in [0.1, 0.15) is 23.9 Å². The molecule has 0 radical (unpaired) electrons. The maximum absolute atomic E-state index is 14.1. The number of halogens is 2. The predicted molar refractivity (Wildman–Crippen MR) is 96.4 cm³/mol. The fraction of sp³-hybridized carbons (Fsp3) is 0.222. The topological polar surface area (TPSA) is 87.4 Å². The third-order valence-corrected chi connectivity index (χ3v) is 4.31. The van der Waals surface area contributed by atoms with Gasteiger partial charge in [-0.2, -0.15) is 20.2 Å². The summed E-state index contributed by atoms with van der Waals surface area (Å²) < 4.78 is 31.3. The molecule has 4 rings (SSSR count). The Morgan fingerprint density at radius 1 is 1.07 bits per heavy atom. The van der Waals surface area contributed by atoms with E-state index in [9.17, 15) is 8.78 Å². The van der Waals surface area contributed by atoms with E-state index in [1.807, 2.05) is 19.9 Å². The third-order valence-electron chi connectivity index (χ3n) is 4.31. The second-order valence-electron chi connectivity index (χ2n) is 6.16. The van der Waals surface area contributed by atoms with Crippen LogP contribution < -0.4 is 5.73 Å². The van der Waals surface area contributed by atoms with Crippen LogP contribution in [0.4, 0.5) is 14.7 Å². The first kappa shape index (κ1) is 17.1. The van der Waals surface area contributed by atoms with E-state index in [4.69, 9.17) is 5.73 Å². The van der Waals surface area contributed by atoms with Gasteiger partial charge in [0.25, 0.3) is 0 Å². The molecule has 0 atom stereocenters. The average molecular weight is 369 g/mol. The van der Waals surface area contributed by atoms with Crippen LogP contribution in [-0.4, -0.2) is 29.5 Å². The Kier molecular flexibility index (Phi) is 4.06. The van der Waals surface area contributed by atoms with E-state index >= 15 is 0 Å². The highest BCUT2D eigenvalue weighted by Gasteiger charge is 2.20. The van der Waals surface area contributed by atoms with Crippen LogP contribution in [0.25, 0.3) is 16.9 Å². The van der Waals surface area contributed by atoms with E-state index in [-0.39, 0.29) is 18.1 Å². The first-order chi connectivity index (χ1) is 13.0. The fourth-order valence-corrected chi connectivity index (χ4v) is 3.03. The van der Waals surface area contributed by atoms with Crippen LogP contribution in [0.2, 0.25) is 0 Å². The number of aryl methyl sites for hydroxylation is 2. The van der Waals surface area contributed by atoms with Gasteiger partial charge in [-0.3, -0.25) is 0 Å². The minimum absolute atomic E-state index is 0.0310. The Hall–Kier alpha value is -3.36. The number of nitrogens with two attached hydrogens (primary N) is 1. The molecule has 0 fully saturated rings. The lowest BCUT2D eigenvalue weighted by molar-refractivity contribution is 0.535. The summed E-state index contributed by atoms with van der Waals surface area (Å²) in [5.41, 5.74) is 7.73. The lowest BCUT2D eigenvalue weighted by atomic mass is 10.2. The molecule has 0 amide bonds. The van der Waals surface area contributed by atoms with Crippen LogP contribution in [0.3, 0.4) is 0 Å². The van der Waals surface area contributed by atoms with Gasteiger partial charge in [0.2, 0.25) is 5.95 Å². The van der Waals surface area contributed by atoms with Gasteiger partial charge in [-0.25, -0.2) is 18.1 Å². The van der Waals surface area contributed by atoms with Crippen LogP contribution in [0, 0.1) is 18.6 Å². The van der Waals surface area contributed by atoms with Crippen molar-refractivity contribution >= 4 is 17.0 Å². The van der Waals surface area contributed by atoms with Gasteiger partial charge in [-0.05, 0) is 31.5 Å². The lowest BCUT2D eigenvalue weighted by Gasteiger charge is -2.07. The predicted octanol–water partition coefficient (Wildman–Crippen LogP) is 2.79. The zero-order valence-corrected chi connectivity index (χ0v) is 14.8. The zero-order chi connectivity index (χ0) is 19.1. The second-order valence-corrected chi connectivity index (χ2v) is 6.16. The molecule has 7 nitrogen and oxygen atoms in total. The monoisotopic (exact) mass is 369 g/mol. The molecule has 0 spiro atoms. The average Bonchev–Trinajstić information content (AvgIpc) is 3.21. The summed E-state index contributed by atoms with van der Waals surface area (Å²) in [5, 5.41) is 9.55. The maximum atomic E-state index is 14.1. The van der Waals surface area contributed by atoms with Crippen molar-refractivity contribution in [2.75, 3.05) is 5.73 Å². The van der Waals surface area contributed by atoms with Gasteiger partial charge in [0.05, 0.1) is 23.3 Å². The summed E-state index contributed by atoms with van der Waals surface area (Å²) in [6, 6.07) is 5.60. The van der Waals surface area contributed by atoms with Gasteiger partial charge in [-0.15, -0.1) is 0 Å². The molecular formula is C18H17F2N7. The van der Waals surface area contributed by atoms with E-state index in [1.54, 1.807) is 10.9 Å². The van der Waals surface area contributed by atoms with Crippen molar-refractivity contribution < 1.29 is 8.78 Å². The zero-order valence-electron chi connectivity index (χ0n) is 14.8. The lowest BCUT2D eigenvalue weighted by Crippen LogP contribution is -2.09. The van der Waals surface area contributed by atoms with Crippen molar-refractivity contribution in [1.29, 1.82) is 0 Å². The first-order valence-electron chi connectivity index (χ1n) is 8.46. The highest BCUT2D eigenvalue weighted by atomic mass is 19.1. The van der Waals surface area contributed by atoms with Gasteiger partial charge in [-0.1, -0.05) is 13.0 Å². The molecular weight excluding hydrogens is 352 g/mol. The Bertz CT molecular complexity index is 1130.